The molecule has 1 aromatic rings. The van der Waals surface area contributed by atoms with Crippen LogP contribution in [0.4, 0.5) is 0 Å². The molecule has 0 radical (unpaired) electrons. The lowest BCUT2D eigenvalue weighted by atomic mass is 9.96. The molecule has 0 aromatic carbocycles. The second-order valence-corrected chi connectivity index (χ2v) is 6.37. The highest BCUT2D eigenvalue weighted by molar-refractivity contribution is 9.10. The van der Waals surface area contributed by atoms with E-state index in [0.29, 0.717) is 5.92 Å². The Morgan fingerprint density at radius 2 is 2.07 bits per heavy atom. The van der Waals surface area contributed by atoms with Crippen LogP contribution in [0.1, 0.15) is 30.2 Å². The van der Waals surface area contributed by atoms with Gasteiger partial charge in [-0.1, -0.05) is 0 Å². The van der Waals surface area contributed by atoms with Crippen LogP contribution in [0.3, 0.4) is 0 Å². The number of hydrogen-bond acceptors (Lipinski definition) is 2. The summed E-state index contributed by atoms with van der Waals surface area (Å²) in [5.74, 6) is 2.43. The zero-order valence-electron chi connectivity index (χ0n) is 7.82. The van der Waals surface area contributed by atoms with Crippen molar-refractivity contribution in [2.75, 3.05) is 0 Å². The van der Waals surface area contributed by atoms with Gasteiger partial charge in [-0.2, -0.15) is 0 Å². The third-order valence-corrected chi connectivity index (χ3v) is 5.58. The minimum atomic E-state index is -0.225. The van der Waals surface area contributed by atoms with E-state index in [1.54, 1.807) is 11.3 Å². The van der Waals surface area contributed by atoms with Gasteiger partial charge in [-0.3, -0.25) is 0 Å². The largest absolute Gasteiger partial charge is 0.387 e. The molecule has 0 bridgehead atoms. The first kappa shape index (κ1) is 9.37. The predicted molar refractivity (Wildman–Crippen MR) is 61.3 cm³/mol. The van der Waals surface area contributed by atoms with Crippen molar-refractivity contribution >= 4 is 27.3 Å². The molecule has 1 heterocycles. The van der Waals surface area contributed by atoms with Gasteiger partial charge in [-0.05, 0) is 64.4 Å². The van der Waals surface area contributed by atoms with Crippen molar-refractivity contribution in [3.63, 3.8) is 0 Å². The maximum Gasteiger partial charge on any atom is 0.0921 e. The van der Waals surface area contributed by atoms with Crippen molar-refractivity contribution in [3.8, 4) is 0 Å². The Kier molecular flexibility index (Phi) is 2.22. The summed E-state index contributed by atoms with van der Waals surface area (Å²) >= 11 is 5.15. The summed E-state index contributed by atoms with van der Waals surface area (Å²) in [5.41, 5.74) is 0. The molecule has 3 rings (SSSR count). The van der Waals surface area contributed by atoms with Crippen LogP contribution >= 0.6 is 27.3 Å². The number of hydrogen-bond donors (Lipinski definition) is 1. The zero-order valence-corrected chi connectivity index (χ0v) is 10.2. The molecule has 3 unspecified atom stereocenters. The third kappa shape index (κ3) is 1.46. The average Bonchev–Trinajstić information content (AvgIpc) is 2.64. The number of aliphatic hydroxyl groups is 1. The first-order valence-corrected chi connectivity index (χ1v) is 6.84. The maximum atomic E-state index is 10.2. The molecule has 1 N–H and O–H groups in total. The average molecular weight is 273 g/mol. The van der Waals surface area contributed by atoms with Gasteiger partial charge in [0, 0.05) is 9.35 Å². The molecule has 0 spiro atoms. The number of rotatable bonds is 2. The summed E-state index contributed by atoms with van der Waals surface area (Å²) < 4.78 is 1.08. The summed E-state index contributed by atoms with van der Waals surface area (Å²) in [6.45, 7) is 0. The van der Waals surface area contributed by atoms with Crippen LogP contribution in [0.25, 0.3) is 0 Å². The van der Waals surface area contributed by atoms with Gasteiger partial charge in [0.15, 0.2) is 0 Å². The Bertz CT molecular complexity index is 339. The van der Waals surface area contributed by atoms with Crippen LogP contribution in [0.2, 0.25) is 0 Å². The van der Waals surface area contributed by atoms with Gasteiger partial charge < -0.3 is 5.11 Å². The molecule has 2 saturated carbocycles. The molecule has 76 valence electrons. The summed E-state index contributed by atoms with van der Waals surface area (Å²) in [7, 11) is 0. The summed E-state index contributed by atoms with van der Waals surface area (Å²) in [6, 6.07) is 2.03. The fourth-order valence-corrected chi connectivity index (χ4v) is 4.44. The Morgan fingerprint density at radius 1 is 1.36 bits per heavy atom. The van der Waals surface area contributed by atoms with Crippen molar-refractivity contribution in [3.05, 3.63) is 20.8 Å². The van der Waals surface area contributed by atoms with Gasteiger partial charge in [-0.25, -0.2) is 0 Å². The SMILES string of the molecule is OC(c1sccc1Br)C1CC2CC2C1. The summed E-state index contributed by atoms with van der Waals surface area (Å²) in [6.07, 6.45) is 3.69. The molecular formula is C11H13BrOS. The monoisotopic (exact) mass is 272 g/mol. The van der Waals surface area contributed by atoms with Crippen LogP contribution in [-0.2, 0) is 0 Å². The van der Waals surface area contributed by atoms with E-state index in [1.165, 1.54) is 19.3 Å². The molecule has 0 aliphatic heterocycles. The summed E-state index contributed by atoms with van der Waals surface area (Å²) in [4.78, 5) is 1.12. The molecule has 2 aliphatic carbocycles. The number of halogens is 1. The van der Waals surface area contributed by atoms with E-state index in [4.69, 9.17) is 0 Å². The number of fused-ring (bicyclic) bond motifs is 1. The highest BCUT2D eigenvalue weighted by Crippen LogP contribution is 2.57. The van der Waals surface area contributed by atoms with Crippen LogP contribution < -0.4 is 0 Å². The number of aliphatic hydroxyl groups excluding tert-OH is 1. The normalized spacial score (nSPS) is 36.9. The smallest absolute Gasteiger partial charge is 0.0921 e. The van der Waals surface area contributed by atoms with E-state index in [9.17, 15) is 5.11 Å². The highest BCUT2D eigenvalue weighted by Gasteiger charge is 2.48. The minimum Gasteiger partial charge on any atom is -0.387 e. The fourth-order valence-electron chi connectivity index (χ4n) is 2.75. The second-order valence-electron chi connectivity index (χ2n) is 4.56. The summed E-state index contributed by atoms with van der Waals surface area (Å²) in [5, 5.41) is 12.2. The lowest BCUT2D eigenvalue weighted by Crippen LogP contribution is -2.09. The Labute approximate surface area is 96.3 Å². The molecule has 0 amide bonds. The molecule has 1 aromatic heterocycles. The molecule has 14 heavy (non-hydrogen) atoms. The lowest BCUT2D eigenvalue weighted by Gasteiger charge is -2.18. The maximum absolute atomic E-state index is 10.2. The van der Waals surface area contributed by atoms with E-state index < -0.39 is 0 Å². The quantitative estimate of drug-likeness (QED) is 0.873. The molecular weight excluding hydrogens is 260 g/mol. The Hall–Kier alpha value is 0.140. The van der Waals surface area contributed by atoms with Gasteiger partial charge in [0.2, 0.25) is 0 Å². The zero-order chi connectivity index (χ0) is 9.71. The molecule has 2 fully saturated rings. The van der Waals surface area contributed by atoms with Crippen molar-refractivity contribution in [1.29, 1.82) is 0 Å². The van der Waals surface area contributed by atoms with E-state index in [1.807, 2.05) is 11.4 Å². The topological polar surface area (TPSA) is 20.2 Å². The van der Waals surface area contributed by atoms with Crippen LogP contribution in [0.5, 0.6) is 0 Å². The van der Waals surface area contributed by atoms with Crippen molar-refractivity contribution in [2.24, 2.45) is 17.8 Å². The molecule has 0 saturated heterocycles. The minimum absolute atomic E-state index is 0.225. The van der Waals surface area contributed by atoms with Gasteiger partial charge in [0.1, 0.15) is 0 Å². The van der Waals surface area contributed by atoms with Crippen molar-refractivity contribution in [1.82, 2.24) is 0 Å². The van der Waals surface area contributed by atoms with Crippen molar-refractivity contribution in [2.45, 2.75) is 25.4 Å². The first-order valence-electron chi connectivity index (χ1n) is 5.16. The molecule has 3 atom stereocenters. The van der Waals surface area contributed by atoms with Crippen molar-refractivity contribution < 1.29 is 5.11 Å². The van der Waals surface area contributed by atoms with E-state index in [0.717, 1.165) is 21.2 Å². The predicted octanol–water partition coefficient (Wildman–Crippen LogP) is 3.59. The third-order valence-electron chi connectivity index (χ3n) is 3.64. The van der Waals surface area contributed by atoms with Gasteiger partial charge >= 0.3 is 0 Å². The lowest BCUT2D eigenvalue weighted by molar-refractivity contribution is 0.107. The van der Waals surface area contributed by atoms with E-state index >= 15 is 0 Å². The van der Waals surface area contributed by atoms with Crippen LogP contribution in [0, 0.1) is 17.8 Å². The van der Waals surface area contributed by atoms with E-state index in [2.05, 4.69) is 15.9 Å². The van der Waals surface area contributed by atoms with E-state index in [-0.39, 0.29) is 6.10 Å². The van der Waals surface area contributed by atoms with Gasteiger partial charge in [0.05, 0.1) is 6.10 Å². The van der Waals surface area contributed by atoms with Gasteiger partial charge in [-0.15, -0.1) is 11.3 Å². The fraction of sp³-hybridized carbons (Fsp3) is 0.636. The molecule has 1 nitrogen and oxygen atoms in total. The van der Waals surface area contributed by atoms with Gasteiger partial charge in [0.25, 0.3) is 0 Å². The Morgan fingerprint density at radius 3 is 2.64 bits per heavy atom. The standard InChI is InChI=1S/C11H13BrOS/c12-9-1-2-14-11(9)10(13)8-4-6-3-7(6)5-8/h1-2,6-8,10,13H,3-5H2. The Balaban J connectivity index is 1.76. The second kappa shape index (κ2) is 3.32. The highest BCUT2D eigenvalue weighted by atomic mass is 79.9. The first-order chi connectivity index (χ1) is 6.75. The molecule has 3 heteroatoms. The van der Waals surface area contributed by atoms with Crippen LogP contribution in [0.15, 0.2) is 15.9 Å². The molecule has 2 aliphatic rings. The van der Waals surface area contributed by atoms with Crippen LogP contribution in [-0.4, -0.2) is 5.11 Å². The number of thiophene rings is 1.